The van der Waals surface area contributed by atoms with Crippen LogP contribution in [-0.2, 0) is 11.3 Å². The molecule has 30 heavy (non-hydrogen) atoms. The molecule has 0 radical (unpaired) electrons. The first-order valence-corrected chi connectivity index (χ1v) is 11.3. The van der Waals surface area contributed by atoms with E-state index in [1.54, 1.807) is 7.11 Å². The van der Waals surface area contributed by atoms with Crippen LogP contribution in [0.3, 0.4) is 0 Å². The zero-order valence-electron chi connectivity index (χ0n) is 19.7. The summed E-state index contributed by atoms with van der Waals surface area (Å²) in [6.45, 7) is 15.4. The van der Waals surface area contributed by atoms with Crippen molar-refractivity contribution in [1.29, 1.82) is 0 Å². The molecule has 0 saturated carbocycles. The maximum absolute atomic E-state index is 5.86. The highest BCUT2D eigenvalue weighted by atomic mass is 16.5. The van der Waals surface area contributed by atoms with Gasteiger partial charge in [0.1, 0.15) is 12.4 Å². The van der Waals surface area contributed by atoms with Crippen molar-refractivity contribution < 1.29 is 9.47 Å². The number of hydrogen-bond acceptors (Lipinski definition) is 5. The first kappa shape index (κ1) is 26.2. The van der Waals surface area contributed by atoms with Crippen molar-refractivity contribution in [3.8, 4) is 5.75 Å². The maximum Gasteiger partial charge on any atom is 0.191 e. The van der Waals surface area contributed by atoms with Gasteiger partial charge >= 0.3 is 0 Å². The fourth-order valence-electron chi connectivity index (χ4n) is 2.99. The minimum atomic E-state index is 0.638. The second-order valence-electron chi connectivity index (χ2n) is 7.29. The van der Waals surface area contributed by atoms with E-state index in [2.05, 4.69) is 60.4 Å². The zero-order valence-corrected chi connectivity index (χ0v) is 19.7. The van der Waals surface area contributed by atoms with E-state index in [-0.39, 0.29) is 0 Å². The summed E-state index contributed by atoms with van der Waals surface area (Å²) in [4.78, 5) is 9.36. The van der Waals surface area contributed by atoms with Gasteiger partial charge in [-0.3, -0.25) is 0 Å². The van der Waals surface area contributed by atoms with Crippen LogP contribution >= 0.6 is 0 Å². The normalized spacial score (nSPS) is 11.9. The molecule has 0 atom stereocenters. The van der Waals surface area contributed by atoms with Gasteiger partial charge in [0.25, 0.3) is 0 Å². The summed E-state index contributed by atoms with van der Waals surface area (Å²) < 4.78 is 11.0. The van der Waals surface area contributed by atoms with Crippen molar-refractivity contribution in [2.45, 2.75) is 33.7 Å². The molecular formula is C23H43N5O2. The lowest BCUT2D eigenvalue weighted by Crippen LogP contribution is -2.41. The van der Waals surface area contributed by atoms with Crippen LogP contribution in [0.25, 0.3) is 0 Å². The summed E-state index contributed by atoms with van der Waals surface area (Å²) in [5.74, 6) is 1.76. The Morgan fingerprint density at radius 1 is 0.967 bits per heavy atom. The van der Waals surface area contributed by atoms with Gasteiger partial charge in [-0.05, 0) is 51.2 Å². The van der Waals surface area contributed by atoms with Crippen molar-refractivity contribution in [3.05, 3.63) is 29.8 Å². The van der Waals surface area contributed by atoms with Crippen LogP contribution in [0.4, 0.5) is 0 Å². The standard InChI is InChI=1S/C23H43N5O2/c1-6-24-23(25-14-16-27(4)15-9-18-29-5)26-20-21-10-12-22(13-11-21)30-19-17-28(7-2)8-3/h10-13H,6-9,14-20H2,1-5H3,(H2,24,25,26). The predicted molar refractivity (Wildman–Crippen MR) is 127 cm³/mol. The molecule has 7 heteroatoms. The summed E-state index contributed by atoms with van der Waals surface area (Å²) >= 11 is 0. The first-order valence-electron chi connectivity index (χ1n) is 11.3. The number of nitrogens with one attached hydrogen (secondary N) is 2. The summed E-state index contributed by atoms with van der Waals surface area (Å²) in [5.41, 5.74) is 1.17. The molecule has 0 aromatic heterocycles. The average molecular weight is 422 g/mol. The third-order valence-electron chi connectivity index (χ3n) is 4.93. The van der Waals surface area contributed by atoms with Crippen LogP contribution in [0, 0.1) is 0 Å². The predicted octanol–water partition coefficient (Wildman–Crippen LogP) is 2.43. The lowest BCUT2D eigenvalue weighted by molar-refractivity contribution is 0.180. The van der Waals surface area contributed by atoms with Crippen LogP contribution in [-0.4, -0.2) is 88.9 Å². The molecule has 0 amide bonds. The lowest BCUT2D eigenvalue weighted by atomic mass is 10.2. The van der Waals surface area contributed by atoms with Crippen molar-refractivity contribution in [2.75, 3.05) is 73.2 Å². The SMILES string of the molecule is CCNC(=NCc1ccc(OCCN(CC)CC)cc1)NCCN(C)CCCOC. The van der Waals surface area contributed by atoms with E-state index in [1.165, 1.54) is 5.56 Å². The van der Waals surface area contributed by atoms with Crippen LogP contribution < -0.4 is 15.4 Å². The first-order chi connectivity index (χ1) is 14.6. The number of benzene rings is 1. The van der Waals surface area contributed by atoms with Crippen molar-refractivity contribution in [1.82, 2.24) is 20.4 Å². The summed E-state index contributed by atoms with van der Waals surface area (Å²) in [5, 5.41) is 6.72. The van der Waals surface area contributed by atoms with Crippen molar-refractivity contribution in [3.63, 3.8) is 0 Å². The molecule has 1 rings (SSSR count). The highest BCUT2D eigenvalue weighted by molar-refractivity contribution is 5.79. The molecule has 0 bridgehead atoms. The van der Waals surface area contributed by atoms with Crippen molar-refractivity contribution >= 4 is 5.96 Å². The number of aliphatic imine (C=N–C) groups is 1. The van der Waals surface area contributed by atoms with Gasteiger partial charge in [0.2, 0.25) is 0 Å². The molecule has 0 aliphatic carbocycles. The van der Waals surface area contributed by atoms with Crippen LogP contribution in [0.15, 0.2) is 29.3 Å². The Hall–Kier alpha value is -1.83. The van der Waals surface area contributed by atoms with Gasteiger partial charge in [0, 0.05) is 46.4 Å². The highest BCUT2D eigenvalue weighted by Gasteiger charge is 2.02. The van der Waals surface area contributed by atoms with E-state index in [0.29, 0.717) is 13.2 Å². The smallest absolute Gasteiger partial charge is 0.191 e. The van der Waals surface area contributed by atoms with Crippen LogP contribution in [0.5, 0.6) is 5.75 Å². The third kappa shape index (κ3) is 12.0. The Balaban J connectivity index is 2.40. The topological polar surface area (TPSA) is 61.4 Å². The maximum atomic E-state index is 5.86. The molecule has 172 valence electrons. The molecule has 0 unspecified atom stereocenters. The van der Waals surface area contributed by atoms with Crippen LogP contribution in [0.1, 0.15) is 32.8 Å². The fraction of sp³-hybridized carbons (Fsp3) is 0.696. The second kappa shape index (κ2) is 16.9. The van der Waals surface area contributed by atoms with E-state index in [1.807, 2.05) is 12.1 Å². The Morgan fingerprint density at radius 3 is 2.33 bits per heavy atom. The number of rotatable bonds is 16. The quantitative estimate of drug-likeness (QED) is 0.243. The highest BCUT2D eigenvalue weighted by Crippen LogP contribution is 2.13. The molecule has 2 N–H and O–H groups in total. The largest absolute Gasteiger partial charge is 0.492 e. The summed E-state index contributed by atoms with van der Waals surface area (Å²) in [6.07, 6.45) is 1.05. The summed E-state index contributed by atoms with van der Waals surface area (Å²) in [7, 11) is 3.88. The minimum Gasteiger partial charge on any atom is -0.492 e. The molecule has 0 spiro atoms. The van der Waals surface area contributed by atoms with Gasteiger partial charge in [-0.15, -0.1) is 0 Å². The zero-order chi connectivity index (χ0) is 22.0. The number of hydrogen-bond donors (Lipinski definition) is 2. The monoisotopic (exact) mass is 421 g/mol. The van der Waals surface area contributed by atoms with Gasteiger partial charge < -0.3 is 29.9 Å². The second-order valence-corrected chi connectivity index (χ2v) is 7.29. The number of likely N-dealkylation sites (N-methyl/N-ethyl adjacent to an activating group) is 2. The van der Waals surface area contributed by atoms with Crippen LogP contribution in [0.2, 0.25) is 0 Å². The Morgan fingerprint density at radius 2 is 1.70 bits per heavy atom. The van der Waals surface area contributed by atoms with Gasteiger partial charge in [0.15, 0.2) is 5.96 Å². The Kier molecular flexibility index (Phi) is 14.8. The molecule has 0 aliphatic rings. The van der Waals surface area contributed by atoms with E-state index < -0.39 is 0 Å². The van der Waals surface area contributed by atoms with E-state index in [4.69, 9.17) is 14.5 Å². The number of nitrogens with zero attached hydrogens (tertiary/aromatic N) is 3. The van der Waals surface area contributed by atoms with Gasteiger partial charge in [-0.25, -0.2) is 4.99 Å². The molecule has 7 nitrogen and oxygen atoms in total. The summed E-state index contributed by atoms with van der Waals surface area (Å²) in [6, 6.07) is 8.23. The Bertz CT molecular complexity index is 561. The van der Waals surface area contributed by atoms with Crippen molar-refractivity contribution in [2.24, 2.45) is 4.99 Å². The fourth-order valence-corrected chi connectivity index (χ4v) is 2.99. The average Bonchev–Trinajstić information content (AvgIpc) is 2.76. The Labute approximate surface area is 183 Å². The molecule has 0 saturated heterocycles. The molecule has 1 aromatic carbocycles. The van der Waals surface area contributed by atoms with E-state index in [0.717, 1.165) is 70.6 Å². The molecular weight excluding hydrogens is 378 g/mol. The van der Waals surface area contributed by atoms with E-state index in [9.17, 15) is 0 Å². The number of ether oxygens (including phenoxy) is 2. The molecule has 0 fully saturated rings. The number of guanidine groups is 1. The van der Waals surface area contributed by atoms with Gasteiger partial charge in [0.05, 0.1) is 6.54 Å². The third-order valence-corrected chi connectivity index (χ3v) is 4.93. The molecule has 0 aliphatic heterocycles. The minimum absolute atomic E-state index is 0.638. The lowest BCUT2D eigenvalue weighted by Gasteiger charge is -2.18. The van der Waals surface area contributed by atoms with Gasteiger partial charge in [-0.2, -0.15) is 0 Å². The molecule has 0 heterocycles. The van der Waals surface area contributed by atoms with Gasteiger partial charge in [-0.1, -0.05) is 26.0 Å². The number of methoxy groups -OCH3 is 1. The molecule has 1 aromatic rings. The van der Waals surface area contributed by atoms with E-state index >= 15 is 0 Å².